The number of para-hydroxylation sites is 1. The Morgan fingerprint density at radius 1 is 1.03 bits per heavy atom. The Balaban J connectivity index is 1.68. The van der Waals surface area contributed by atoms with Crippen LogP contribution in [0.4, 0.5) is 0 Å². The Labute approximate surface area is 188 Å². The largest absolute Gasteiger partial charge is 0.490 e. The van der Waals surface area contributed by atoms with Crippen LogP contribution in [0.3, 0.4) is 0 Å². The number of fused-ring (bicyclic) bond motifs is 4. The first-order chi connectivity index (χ1) is 16.1. The molecule has 2 aromatic carbocycles. The van der Waals surface area contributed by atoms with E-state index in [1.165, 1.54) is 6.07 Å². The van der Waals surface area contributed by atoms with E-state index in [9.17, 15) is 9.59 Å². The highest BCUT2D eigenvalue weighted by atomic mass is 16.5. The molecule has 0 N–H and O–H groups in total. The van der Waals surface area contributed by atoms with Crippen molar-refractivity contribution in [3.8, 4) is 22.6 Å². The van der Waals surface area contributed by atoms with Gasteiger partial charge in [-0.1, -0.05) is 12.1 Å². The van der Waals surface area contributed by atoms with E-state index in [1.807, 2.05) is 25.1 Å². The van der Waals surface area contributed by atoms with Gasteiger partial charge in [-0.3, -0.25) is 4.90 Å². The summed E-state index contributed by atoms with van der Waals surface area (Å²) >= 11 is 0. The van der Waals surface area contributed by atoms with Gasteiger partial charge in [-0.2, -0.15) is 0 Å². The molecule has 0 spiro atoms. The van der Waals surface area contributed by atoms with Crippen LogP contribution in [0.2, 0.25) is 0 Å². The highest BCUT2D eigenvalue weighted by Gasteiger charge is 2.23. The van der Waals surface area contributed by atoms with Crippen LogP contribution in [0, 0.1) is 0 Å². The summed E-state index contributed by atoms with van der Waals surface area (Å²) in [6, 6.07) is 12.1. The Hall–Kier alpha value is -3.62. The van der Waals surface area contributed by atoms with Gasteiger partial charge in [-0.05, 0) is 31.2 Å². The molecular formula is C25H23NO7. The highest BCUT2D eigenvalue weighted by molar-refractivity contribution is 5.97. The van der Waals surface area contributed by atoms with Crippen LogP contribution in [0.5, 0.6) is 11.5 Å². The minimum absolute atomic E-state index is 0.280. The summed E-state index contributed by atoms with van der Waals surface area (Å²) in [6.45, 7) is 4.49. The fourth-order valence-electron chi connectivity index (χ4n) is 4.14. The van der Waals surface area contributed by atoms with Crippen LogP contribution < -0.4 is 20.7 Å². The van der Waals surface area contributed by atoms with Gasteiger partial charge >= 0.3 is 11.3 Å². The first-order valence-electron chi connectivity index (χ1n) is 10.7. The summed E-state index contributed by atoms with van der Waals surface area (Å²) in [7, 11) is 1.64. The third kappa shape index (κ3) is 3.88. The topological polar surface area (TPSA) is 91.4 Å². The van der Waals surface area contributed by atoms with Gasteiger partial charge < -0.3 is 23.0 Å². The van der Waals surface area contributed by atoms with E-state index in [1.54, 1.807) is 25.3 Å². The predicted molar refractivity (Wildman–Crippen MR) is 123 cm³/mol. The Morgan fingerprint density at radius 3 is 2.73 bits per heavy atom. The number of ether oxygens (including phenoxy) is 3. The molecule has 3 heterocycles. The lowest BCUT2D eigenvalue weighted by molar-refractivity contribution is 0.0658. The van der Waals surface area contributed by atoms with Gasteiger partial charge in [0.25, 0.3) is 0 Å². The summed E-state index contributed by atoms with van der Waals surface area (Å²) in [5.41, 5.74) is 1.16. The van der Waals surface area contributed by atoms with E-state index >= 15 is 0 Å². The van der Waals surface area contributed by atoms with E-state index in [0.717, 1.165) is 5.56 Å². The second-order valence-corrected chi connectivity index (χ2v) is 7.77. The van der Waals surface area contributed by atoms with Crippen molar-refractivity contribution in [1.29, 1.82) is 0 Å². The Bertz CT molecular complexity index is 1450. The molecule has 5 rings (SSSR count). The molecule has 170 valence electrons. The molecular weight excluding hydrogens is 426 g/mol. The van der Waals surface area contributed by atoms with Crippen molar-refractivity contribution in [2.75, 3.05) is 33.6 Å². The first-order valence-corrected chi connectivity index (χ1v) is 10.7. The number of hydrogen-bond acceptors (Lipinski definition) is 8. The quantitative estimate of drug-likeness (QED) is 0.411. The van der Waals surface area contributed by atoms with Crippen molar-refractivity contribution in [2.45, 2.75) is 13.5 Å². The average Bonchev–Trinajstić information content (AvgIpc) is 2.82. The molecule has 4 aromatic rings. The monoisotopic (exact) mass is 449 g/mol. The third-order valence-electron chi connectivity index (χ3n) is 5.68. The summed E-state index contributed by atoms with van der Waals surface area (Å²) in [4.78, 5) is 27.6. The molecule has 2 aromatic heterocycles. The summed E-state index contributed by atoms with van der Waals surface area (Å²) in [5.74, 6) is 1.15. The fraction of sp³-hybridized carbons (Fsp3) is 0.280. The number of rotatable bonds is 6. The van der Waals surface area contributed by atoms with Crippen LogP contribution in [-0.4, -0.2) is 38.5 Å². The lowest BCUT2D eigenvalue weighted by atomic mass is 9.99. The van der Waals surface area contributed by atoms with Gasteiger partial charge in [0.1, 0.15) is 18.1 Å². The standard InChI is InChI=1S/C25H23NO7/c1-3-30-21-6-4-5-15-11-18(25(28)33-23(15)21)17-12-22(27)32-24-16(17)7-8-20-19(24)13-26(14-31-20)9-10-29-2/h4-8,11-12H,3,9-10,13-14H2,1-2H3. The third-order valence-corrected chi connectivity index (χ3v) is 5.68. The van der Waals surface area contributed by atoms with Gasteiger partial charge in [0, 0.05) is 42.6 Å². The van der Waals surface area contributed by atoms with Gasteiger partial charge in [-0.25, -0.2) is 9.59 Å². The molecule has 0 aliphatic carbocycles. The molecule has 0 unspecified atom stereocenters. The fourth-order valence-corrected chi connectivity index (χ4v) is 4.14. The van der Waals surface area contributed by atoms with Crippen molar-refractivity contribution < 1.29 is 23.0 Å². The molecule has 0 bridgehead atoms. The van der Waals surface area contributed by atoms with Crippen molar-refractivity contribution in [3.63, 3.8) is 0 Å². The molecule has 8 heteroatoms. The molecule has 0 saturated heterocycles. The van der Waals surface area contributed by atoms with Gasteiger partial charge in [0.2, 0.25) is 0 Å². The van der Waals surface area contributed by atoms with Crippen LogP contribution >= 0.6 is 0 Å². The number of benzene rings is 2. The number of hydrogen-bond donors (Lipinski definition) is 0. The van der Waals surface area contributed by atoms with E-state index in [-0.39, 0.29) is 5.56 Å². The second kappa shape index (κ2) is 8.73. The molecule has 0 fully saturated rings. The van der Waals surface area contributed by atoms with Gasteiger partial charge in [0.15, 0.2) is 11.3 Å². The van der Waals surface area contributed by atoms with E-state index in [2.05, 4.69) is 4.90 Å². The van der Waals surface area contributed by atoms with E-state index in [4.69, 9.17) is 23.0 Å². The van der Waals surface area contributed by atoms with Crippen molar-refractivity contribution >= 4 is 21.9 Å². The highest BCUT2D eigenvalue weighted by Crippen LogP contribution is 2.36. The molecule has 0 amide bonds. The summed E-state index contributed by atoms with van der Waals surface area (Å²) in [6.07, 6.45) is 0. The Kier molecular flexibility index (Phi) is 5.62. The van der Waals surface area contributed by atoms with E-state index in [0.29, 0.717) is 72.0 Å². The lowest BCUT2D eigenvalue weighted by Crippen LogP contribution is -2.34. The van der Waals surface area contributed by atoms with Crippen molar-refractivity contribution in [1.82, 2.24) is 4.90 Å². The van der Waals surface area contributed by atoms with Crippen LogP contribution in [0.25, 0.3) is 33.1 Å². The maximum atomic E-state index is 13.0. The summed E-state index contributed by atoms with van der Waals surface area (Å²) in [5, 5.41) is 1.34. The average molecular weight is 449 g/mol. The second-order valence-electron chi connectivity index (χ2n) is 7.77. The Morgan fingerprint density at radius 2 is 1.91 bits per heavy atom. The van der Waals surface area contributed by atoms with E-state index < -0.39 is 11.3 Å². The predicted octanol–water partition coefficient (Wildman–Crippen LogP) is 3.76. The van der Waals surface area contributed by atoms with Crippen molar-refractivity contribution in [2.24, 2.45) is 0 Å². The molecule has 1 aliphatic rings. The zero-order valence-electron chi connectivity index (χ0n) is 18.4. The van der Waals surface area contributed by atoms with Crippen LogP contribution in [0.1, 0.15) is 12.5 Å². The lowest BCUT2D eigenvalue weighted by Gasteiger charge is -2.29. The zero-order chi connectivity index (χ0) is 22.9. The van der Waals surface area contributed by atoms with Gasteiger partial charge in [-0.15, -0.1) is 0 Å². The number of methoxy groups -OCH3 is 1. The van der Waals surface area contributed by atoms with Crippen LogP contribution in [-0.2, 0) is 11.3 Å². The molecule has 0 saturated carbocycles. The maximum Gasteiger partial charge on any atom is 0.344 e. The van der Waals surface area contributed by atoms with Crippen molar-refractivity contribution in [3.05, 3.63) is 68.9 Å². The van der Waals surface area contributed by atoms with Gasteiger partial charge in [0.05, 0.1) is 24.3 Å². The molecule has 8 nitrogen and oxygen atoms in total. The SMILES string of the molecule is CCOc1cccc2cc(-c3cc(=O)oc4c5c(ccc34)OCN(CCOC)C5)c(=O)oc12. The maximum absolute atomic E-state index is 13.0. The summed E-state index contributed by atoms with van der Waals surface area (Å²) < 4.78 is 27.8. The molecule has 0 atom stereocenters. The minimum Gasteiger partial charge on any atom is -0.490 e. The number of nitrogens with zero attached hydrogens (tertiary/aromatic N) is 1. The zero-order valence-corrected chi connectivity index (χ0v) is 18.4. The first kappa shape index (κ1) is 21.2. The van der Waals surface area contributed by atoms with Crippen LogP contribution in [0.15, 0.2) is 60.9 Å². The smallest absolute Gasteiger partial charge is 0.344 e. The minimum atomic E-state index is -0.558. The molecule has 1 aliphatic heterocycles. The molecule has 0 radical (unpaired) electrons. The molecule has 33 heavy (non-hydrogen) atoms. The normalized spacial score (nSPS) is 13.8.